The van der Waals surface area contributed by atoms with Crippen LogP contribution >= 0.6 is 0 Å². The lowest BCUT2D eigenvalue weighted by Gasteiger charge is -2.30. The Morgan fingerprint density at radius 1 is 0.952 bits per heavy atom. The maximum Gasteiger partial charge on any atom is 0.134 e. The van der Waals surface area contributed by atoms with E-state index in [0.717, 1.165) is 19.5 Å². The monoisotopic (exact) mass is 279 g/mol. The second-order valence-electron chi connectivity index (χ2n) is 5.73. The smallest absolute Gasteiger partial charge is 0.134 e. The first kappa shape index (κ1) is 14.0. The number of rotatable bonds is 3. The topological polar surface area (TPSA) is 20.3 Å². The van der Waals surface area contributed by atoms with Gasteiger partial charge in [0.2, 0.25) is 0 Å². The SMILES string of the molecule is O=C1CCCN(Cc2ccccc2)C(c2ccccc2)C1. The van der Waals surface area contributed by atoms with Gasteiger partial charge in [0, 0.05) is 25.4 Å². The van der Waals surface area contributed by atoms with E-state index in [0.29, 0.717) is 18.6 Å². The Balaban J connectivity index is 1.85. The van der Waals surface area contributed by atoms with Crippen molar-refractivity contribution in [3.63, 3.8) is 0 Å². The van der Waals surface area contributed by atoms with Gasteiger partial charge in [0.05, 0.1) is 0 Å². The maximum absolute atomic E-state index is 12.0. The summed E-state index contributed by atoms with van der Waals surface area (Å²) in [6, 6.07) is 21.2. The molecule has 0 radical (unpaired) electrons. The number of carbonyl (C=O) groups excluding carboxylic acids is 1. The Kier molecular flexibility index (Phi) is 4.46. The third-order valence-corrected chi connectivity index (χ3v) is 4.18. The molecule has 0 saturated carbocycles. The van der Waals surface area contributed by atoms with Gasteiger partial charge in [-0.05, 0) is 24.1 Å². The summed E-state index contributed by atoms with van der Waals surface area (Å²) in [6.45, 7) is 1.90. The summed E-state index contributed by atoms with van der Waals surface area (Å²) in [5, 5.41) is 0. The van der Waals surface area contributed by atoms with Crippen molar-refractivity contribution >= 4 is 5.78 Å². The van der Waals surface area contributed by atoms with E-state index in [1.54, 1.807) is 0 Å². The van der Waals surface area contributed by atoms with Crippen LogP contribution in [-0.4, -0.2) is 17.2 Å². The second-order valence-corrected chi connectivity index (χ2v) is 5.73. The lowest BCUT2D eigenvalue weighted by molar-refractivity contribution is -0.119. The highest BCUT2D eigenvalue weighted by Gasteiger charge is 2.26. The fourth-order valence-corrected chi connectivity index (χ4v) is 3.09. The van der Waals surface area contributed by atoms with Crippen molar-refractivity contribution in [2.75, 3.05) is 6.54 Å². The van der Waals surface area contributed by atoms with Crippen LogP contribution in [0.15, 0.2) is 60.7 Å². The number of hydrogen-bond donors (Lipinski definition) is 0. The van der Waals surface area contributed by atoms with Crippen molar-refractivity contribution in [2.24, 2.45) is 0 Å². The Morgan fingerprint density at radius 3 is 2.33 bits per heavy atom. The second kappa shape index (κ2) is 6.68. The molecular weight excluding hydrogens is 258 g/mol. The molecule has 1 heterocycles. The van der Waals surface area contributed by atoms with E-state index in [1.165, 1.54) is 11.1 Å². The summed E-state index contributed by atoms with van der Waals surface area (Å²) in [7, 11) is 0. The zero-order valence-corrected chi connectivity index (χ0v) is 12.2. The Hall–Kier alpha value is -1.93. The van der Waals surface area contributed by atoms with Gasteiger partial charge in [0.25, 0.3) is 0 Å². The molecule has 3 rings (SSSR count). The normalized spacial score (nSPS) is 20.2. The number of nitrogens with zero attached hydrogens (tertiary/aromatic N) is 1. The van der Waals surface area contributed by atoms with E-state index in [1.807, 2.05) is 12.1 Å². The van der Waals surface area contributed by atoms with Crippen molar-refractivity contribution < 1.29 is 4.79 Å². The standard InChI is InChI=1S/C19H21NO/c21-18-12-7-13-20(15-16-8-3-1-4-9-16)19(14-18)17-10-5-2-6-11-17/h1-6,8-11,19H,7,12-15H2. The van der Waals surface area contributed by atoms with Crippen molar-refractivity contribution in [1.82, 2.24) is 4.90 Å². The van der Waals surface area contributed by atoms with Crippen LogP contribution in [0, 0.1) is 0 Å². The summed E-state index contributed by atoms with van der Waals surface area (Å²) in [5.41, 5.74) is 2.57. The molecule has 21 heavy (non-hydrogen) atoms. The molecule has 0 N–H and O–H groups in total. The van der Waals surface area contributed by atoms with Crippen LogP contribution in [0.4, 0.5) is 0 Å². The van der Waals surface area contributed by atoms with Crippen LogP contribution in [0.3, 0.4) is 0 Å². The number of carbonyl (C=O) groups is 1. The number of hydrogen-bond acceptors (Lipinski definition) is 2. The zero-order valence-electron chi connectivity index (χ0n) is 12.2. The van der Waals surface area contributed by atoms with Crippen LogP contribution in [0.2, 0.25) is 0 Å². The first-order chi connectivity index (χ1) is 10.3. The van der Waals surface area contributed by atoms with E-state index in [-0.39, 0.29) is 6.04 Å². The number of benzene rings is 2. The molecule has 0 spiro atoms. The molecule has 0 aromatic heterocycles. The van der Waals surface area contributed by atoms with Gasteiger partial charge in [-0.25, -0.2) is 0 Å². The fourth-order valence-electron chi connectivity index (χ4n) is 3.09. The van der Waals surface area contributed by atoms with Gasteiger partial charge in [0.15, 0.2) is 0 Å². The largest absolute Gasteiger partial charge is 0.300 e. The van der Waals surface area contributed by atoms with Crippen molar-refractivity contribution in [1.29, 1.82) is 0 Å². The lowest BCUT2D eigenvalue weighted by atomic mass is 9.99. The van der Waals surface area contributed by atoms with Gasteiger partial charge in [-0.2, -0.15) is 0 Å². The third-order valence-electron chi connectivity index (χ3n) is 4.18. The van der Waals surface area contributed by atoms with E-state index in [4.69, 9.17) is 0 Å². The maximum atomic E-state index is 12.0. The molecule has 1 unspecified atom stereocenters. The van der Waals surface area contributed by atoms with Crippen LogP contribution in [0.25, 0.3) is 0 Å². The summed E-state index contributed by atoms with van der Waals surface area (Å²) in [6.07, 6.45) is 2.32. The van der Waals surface area contributed by atoms with Gasteiger partial charge in [0.1, 0.15) is 5.78 Å². The molecule has 1 fully saturated rings. The number of likely N-dealkylation sites (tertiary alicyclic amines) is 1. The summed E-state index contributed by atoms with van der Waals surface area (Å²) in [5.74, 6) is 0.388. The average molecular weight is 279 g/mol. The van der Waals surface area contributed by atoms with Crippen LogP contribution in [0.5, 0.6) is 0 Å². The molecule has 2 nitrogen and oxygen atoms in total. The molecule has 1 aliphatic heterocycles. The molecule has 1 atom stereocenters. The van der Waals surface area contributed by atoms with E-state index in [9.17, 15) is 4.79 Å². The van der Waals surface area contributed by atoms with Crippen molar-refractivity contribution in [3.05, 3.63) is 71.8 Å². The summed E-state index contributed by atoms with van der Waals surface area (Å²) < 4.78 is 0. The summed E-state index contributed by atoms with van der Waals surface area (Å²) in [4.78, 5) is 14.5. The van der Waals surface area contributed by atoms with E-state index < -0.39 is 0 Å². The van der Waals surface area contributed by atoms with Gasteiger partial charge in [-0.15, -0.1) is 0 Å². The zero-order chi connectivity index (χ0) is 14.5. The molecule has 1 aliphatic rings. The number of ketones is 1. The minimum absolute atomic E-state index is 0.210. The highest BCUT2D eigenvalue weighted by molar-refractivity contribution is 5.79. The Morgan fingerprint density at radius 2 is 1.62 bits per heavy atom. The summed E-state index contributed by atoms with van der Waals surface area (Å²) >= 11 is 0. The van der Waals surface area contributed by atoms with Gasteiger partial charge < -0.3 is 0 Å². The van der Waals surface area contributed by atoms with E-state index >= 15 is 0 Å². The minimum Gasteiger partial charge on any atom is -0.300 e. The Labute approximate surface area is 126 Å². The predicted molar refractivity (Wildman–Crippen MR) is 84.9 cm³/mol. The average Bonchev–Trinajstić information content (AvgIpc) is 2.71. The molecule has 0 bridgehead atoms. The van der Waals surface area contributed by atoms with Gasteiger partial charge in [-0.1, -0.05) is 60.7 Å². The molecule has 2 aromatic carbocycles. The van der Waals surface area contributed by atoms with Gasteiger partial charge in [-0.3, -0.25) is 9.69 Å². The molecule has 108 valence electrons. The first-order valence-electron chi connectivity index (χ1n) is 7.67. The molecular formula is C19H21NO. The van der Waals surface area contributed by atoms with E-state index in [2.05, 4.69) is 53.4 Å². The number of Topliss-reactive ketones (excluding diaryl/α,β-unsaturated/α-hetero) is 1. The van der Waals surface area contributed by atoms with Crippen LogP contribution in [-0.2, 0) is 11.3 Å². The highest BCUT2D eigenvalue weighted by atomic mass is 16.1. The molecule has 0 amide bonds. The van der Waals surface area contributed by atoms with Crippen molar-refractivity contribution in [2.45, 2.75) is 31.8 Å². The Bertz CT molecular complexity index is 579. The minimum atomic E-state index is 0.210. The predicted octanol–water partition coefficient (Wildman–Crippen LogP) is 3.98. The van der Waals surface area contributed by atoms with Gasteiger partial charge >= 0.3 is 0 Å². The fraction of sp³-hybridized carbons (Fsp3) is 0.316. The lowest BCUT2D eigenvalue weighted by Crippen LogP contribution is -2.28. The quantitative estimate of drug-likeness (QED) is 0.847. The molecule has 2 aromatic rings. The van der Waals surface area contributed by atoms with Crippen LogP contribution < -0.4 is 0 Å². The molecule has 1 saturated heterocycles. The first-order valence-corrected chi connectivity index (χ1v) is 7.67. The molecule has 0 aliphatic carbocycles. The highest BCUT2D eigenvalue weighted by Crippen LogP contribution is 2.29. The van der Waals surface area contributed by atoms with Crippen molar-refractivity contribution in [3.8, 4) is 0 Å². The van der Waals surface area contributed by atoms with Crippen LogP contribution in [0.1, 0.15) is 36.4 Å². The third kappa shape index (κ3) is 3.59. The molecule has 2 heteroatoms.